The predicted octanol–water partition coefficient (Wildman–Crippen LogP) is 5.39. The van der Waals surface area contributed by atoms with Crippen LogP contribution in [0.5, 0.6) is 0 Å². The second-order valence-electron chi connectivity index (χ2n) is 6.87. The van der Waals surface area contributed by atoms with Gasteiger partial charge in [-0.1, -0.05) is 28.1 Å². The van der Waals surface area contributed by atoms with Gasteiger partial charge < -0.3 is 24.4 Å². The number of morpholine rings is 1. The van der Waals surface area contributed by atoms with E-state index in [-0.39, 0.29) is 6.10 Å². The molecule has 7 nitrogen and oxygen atoms in total. The second kappa shape index (κ2) is 20.4. The Labute approximate surface area is 221 Å². The van der Waals surface area contributed by atoms with Crippen molar-refractivity contribution in [1.29, 1.82) is 0 Å². The number of rotatable bonds is 9. The average molecular weight is 602 g/mol. The number of nitrogens with one attached hydrogen (secondary N) is 1. The number of hydrogen-bond donors (Lipinski definition) is 1. The van der Waals surface area contributed by atoms with Gasteiger partial charge in [0.2, 0.25) is 0 Å². The first kappa shape index (κ1) is 32.1. The Morgan fingerprint density at radius 1 is 1.41 bits per heavy atom. The summed E-state index contributed by atoms with van der Waals surface area (Å²) in [5.74, 6) is 0.795. The summed E-state index contributed by atoms with van der Waals surface area (Å²) in [6.45, 7) is 13.0. The highest BCUT2D eigenvalue weighted by atomic mass is 79.9. The summed E-state index contributed by atoms with van der Waals surface area (Å²) in [5, 5.41) is 3.93. The van der Waals surface area contributed by atoms with Gasteiger partial charge in [0.25, 0.3) is 0 Å². The van der Waals surface area contributed by atoms with Gasteiger partial charge in [-0.15, -0.1) is 13.2 Å². The highest BCUT2D eigenvalue weighted by Crippen LogP contribution is 2.14. The molecule has 1 aromatic rings. The average Bonchev–Trinajstić information content (AvgIpc) is 2.85. The van der Waals surface area contributed by atoms with Crippen molar-refractivity contribution >= 4 is 44.0 Å². The van der Waals surface area contributed by atoms with E-state index in [1.54, 1.807) is 19.6 Å². The van der Waals surface area contributed by atoms with Crippen molar-refractivity contribution in [3.8, 4) is 0 Å². The minimum Gasteiger partial charge on any atom is -0.501 e. The maximum atomic E-state index is 5.64. The summed E-state index contributed by atoms with van der Waals surface area (Å²) < 4.78 is 17.5. The molecule has 0 aliphatic carbocycles. The van der Waals surface area contributed by atoms with E-state index in [1.807, 2.05) is 45.2 Å². The molecule has 1 atom stereocenters. The summed E-state index contributed by atoms with van der Waals surface area (Å²) >= 11 is 6.74. The minimum atomic E-state index is 0.115. The van der Waals surface area contributed by atoms with Gasteiger partial charge in [-0.05, 0) is 49.0 Å². The van der Waals surface area contributed by atoms with Crippen LogP contribution in [0.4, 0.5) is 0 Å². The van der Waals surface area contributed by atoms with Gasteiger partial charge in [0.1, 0.15) is 19.0 Å². The third-order valence-electron chi connectivity index (χ3n) is 4.47. The third-order valence-corrected chi connectivity index (χ3v) is 5.55. The number of allylic oxidation sites excluding steroid dienone is 4. The molecule has 1 aliphatic rings. The summed E-state index contributed by atoms with van der Waals surface area (Å²) in [7, 11) is 5.62. The lowest BCUT2D eigenvalue weighted by Crippen LogP contribution is -2.41. The molecule has 190 valence electrons. The van der Waals surface area contributed by atoms with E-state index in [0.29, 0.717) is 6.61 Å². The SMILES string of the molecule is C/C=C(NC)\C(Br)=C/CBr.C=C.CO/C(C)=C/c1cncnc1/C=C/OCC1CN(C)CCO1. The monoisotopic (exact) mass is 600 g/mol. The topological polar surface area (TPSA) is 68.7 Å². The Morgan fingerprint density at radius 3 is 2.74 bits per heavy atom. The van der Waals surface area contributed by atoms with Crippen LogP contribution in [0.1, 0.15) is 25.1 Å². The molecule has 9 heteroatoms. The van der Waals surface area contributed by atoms with Crippen molar-refractivity contribution < 1.29 is 14.2 Å². The van der Waals surface area contributed by atoms with E-state index in [9.17, 15) is 0 Å². The molecule has 1 aromatic heterocycles. The molecule has 0 aromatic carbocycles. The second-order valence-corrected chi connectivity index (χ2v) is 8.37. The molecule has 2 rings (SSSR count). The number of halogens is 2. The molecule has 1 saturated heterocycles. The van der Waals surface area contributed by atoms with Gasteiger partial charge in [0, 0.05) is 47.4 Å². The van der Waals surface area contributed by atoms with Crippen LogP contribution in [-0.4, -0.2) is 73.8 Å². The molecule has 0 radical (unpaired) electrons. The number of likely N-dealkylation sites (N-methyl/N-ethyl adjacent to an activating group) is 2. The Bertz CT molecular complexity index is 813. The molecule has 0 bridgehead atoms. The standard InChI is InChI=1S/C16H23N3O3.C7H11Br2N.C2H4/c1-13(20-3)8-14-9-17-12-18-16(14)4-6-21-11-15-10-19(2)5-7-22-15;1-3-7(10-2)6(9)4-5-8;1-2/h4,6,8-9,12,15H,5,7,10-11H2,1-3H3;3-4,10H,5H2,1-2H3;1-2H2/b6-4+,13-8+;6-4+,7-3+;. The van der Waals surface area contributed by atoms with Gasteiger partial charge in [0.05, 0.1) is 31.4 Å². The van der Waals surface area contributed by atoms with E-state index in [0.717, 1.165) is 52.2 Å². The summed E-state index contributed by atoms with van der Waals surface area (Å²) in [5.41, 5.74) is 2.78. The van der Waals surface area contributed by atoms with Gasteiger partial charge in [-0.25, -0.2) is 9.97 Å². The fraction of sp³-hybridized carbons (Fsp3) is 0.440. The van der Waals surface area contributed by atoms with Gasteiger partial charge in [0.15, 0.2) is 0 Å². The summed E-state index contributed by atoms with van der Waals surface area (Å²) in [6.07, 6.45) is 12.8. The van der Waals surface area contributed by atoms with Crippen LogP contribution >= 0.6 is 31.9 Å². The normalized spacial score (nSPS) is 17.3. The van der Waals surface area contributed by atoms with Crippen LogP contribution in [0.25, 0.3) is 12.2 Å². The maximum Gasteiger partial charge on any atom is 0.116 e. The van der Waals surface area contributed by atoms with Crippen LogP contribution < -0.4 is 5.32 Å². The van der Waals surface area contributed by atoms with Crippen LogP contribution in [-0.2, 0) is 14.2 Å². The lowest BCUT2D eigenvalue weighted by molar-refractivity contribution is -0.0478. The van der Waals surface area contributed by atoms with E-state index in [4.69, 9.17) is 14.2 Å². The molecule has 0 amide bonds. The molecule has 34 heavy (non-hydrogen) atoms. The molecular weight excluding hydrogens is 564 g/mol. The largest absolute Gasteiger partial charge is 0.501 e. The zero-order valence-corrected chi connectivity index (χ0v) is 24.1. The molecule has 0 spiro atoms. The number of methoxy groups -OCH3 is 1. The van der Waals surface area contributed by atoms with E-state index in [1.165, 1.54) is 6.33 Å². The Balaban J connectivity index is 0.000000767. The summed E-state index contributed by atoms with van der Waals surface area (Å²) in [4.78, 5) is 10.5. The fourth-order valence-electron chi connectivity index (χ4n) is 2.70. The van der Waals surface area contributed by atoms with Crippen LogP contribution in [0.3, 0.4) is 0 Å². The summed E-state index contributed by atoms with van der Waals surface area (Å²) in [6, 6.07) is 0. The number of nitrogens with zero attached hydrogens (tertiary/aromatic N) is 3. The zero-order chi connectivity index (χ0) is 25.8. The van der Waals surface area contributed by atoms with Crippen molar-refractivity contribution in [2.24, 2.45) is 0 Å². The van der Waals surface area contributed by atoms with E-state index in [2.05, 4.69) is 72.3 Å². The van der Waals surface area contributed by atoms with Crippen molar-refractivity contribution in [3.63, 3.8) is 0 Å². The maximum absolute atomic E-state index is 5.64. The Hall–Kier alpha value is -1.94. The van der Waals surface area contributed by atoms with E-state index >= 15 is 0 Å². The zero-order valence-electron chi connectivity index (χ0n) is 20.9. The molecule has 1 aliphatic heterocycles. The van der Waals surface area contributed by atoms with Crippen molar-refractivity contribution in [2.75, 3.05) is 52.8 Å². The highest BCUT2D eigenvalue weighted by Gasteiger charge is 2.17. The highest BCUT2D eigenvalue weighted by molar-refractivity contribution is 9.12. The number of hydrogen-bond acceptors (Lipinski definition) is 7. The van der Waals surface area contributed by atoms with Gasteiger partial charge in [-0.2, -0.15) is 0 Å². The number of ether oxygens (including phenoxy) is 3. The Morgan fingerprint density at radius 2 is 2.15 bits per heavy atom. The smallest absolute Gasteiger partial charge is 0.116 e. The van der Waals surface area contributed by atoms with E-state index < -0.39 is 0 Å². The van der Waals surface area contributed by atoms with Crippen molar-refractivity contribution in [1.82, 2.24) is 20.2 Å². The first-order valence-electron chi connectivity index (χ1n) is 10.8. The quantitative estimate of drug-likeness (QED) is 0.176. The van der Waals surface area contributed by atoms with Crippen LogP contribution in [0.2, 0.25) is 0 Å². The minimum absolute atomic E-state index is 0.115. The first-order chi connectivity index (χ1) is 16.4. The fourth-order valence-corrected chi connectivity index (χ4v) is 4.05. The lowest BCUT2D eigenvalue weighted by Gasteiger charge is -2.29. The number of aromatic nitrogens is 2. The molecule has 0 saturated carbocycles. The molecule has 1 unspecified atom stereocenters. The molecular formula is C25H38Br2N4O3. The third kappa shape index (κ3) is 13.7. The molecule has 1 fully saturated rings. The van der Waals surface area contributed by atoms with Crippen LogP contribution in [0, 0.1) is 0 Å². The van der Waals surface area contributed by atoms with Crippen LogP contribution in [0.15, 0.2) is 60.0 Å². The predicted molar refractivity (Wildman–Crippen MR) is 150 cm³/mol. The lowest BCUT2D eigenvalue weighted by atomic mass is 10.2. The number of alkyl halides is 1. The van der Waals surface area contributed by atoms with Gasteiger partial charge in [-0.3, -0.25) is 0 Å². The van der Waals surface area contributed by atoms with Crippen molar-refractivity contribution in [2.45, 2.75) is 20.0 Å². The molecule has 2 heterocycles. The van der Waals surface area contributed by atoms with Gasteiger partial charge >= 0.3 is 0 Å². The Kier molecular flexibility index (Phi) is 19.3. The first-order valence-corrected chi connectivity index (χ1v) is 12.7. The molecule has 1 N–H and O–H groups in total. The van der Waals surface area contributed by atoms with Crippen molar-refractivity contribution in [3.05, 3.63) is 71.3 Å².